The molecule has 3 rings (SSSR count). The highest BCUT2D eigenvalue weighted by Gasteiger charge is 2.45. The number of β-amino-alcohol motifs (C(OH)–C–C–N with tert-alkyl or cyclic N) is 1. The quantitative estimate of drug-likeness (QED) is 0.818. The van der Waals surface area contributed by atoms with Gasteiger partial charge < -0.3 is 14.7 Å². The van der Waals surface area contributed by atoms with Gasteiger partial charge in [-0.1, -0.05) is 5.21 Å². The Morgan fingerprint density at radius 2 is 2.10 bits per heavy atom. The second-order valence-electron chi connectivity index (χ2n) is 4.98. The molecule has 0 aromatic carbocycles. The van der Waals surface area contributed by atoms with Crippen LogP contribution < -0.4 is 9.64 Å². The maximum Gasteiger partial charge on any atom is 0.318 e. The van der Waals surface area contributed by atoms with E-state index in [0.29, 0.717) is 24.8 Å². The van der Waals surface area contributed by atoms with E-state index >= 15 is 0 Å². The number of hydrogen-bond donors (Lipinski definition) is 1. The Morgan fingerprint density at radius 1 is 1.35 bits per heavy atom. The molecular formula is C12H16N6O2. The molecule has 1 N–H and O–H groups in total. The van der Waals surface area contributed by atoms with Crippen LogP contribution in [0.5, 0.6) is 6.01 Å². The molecule has 20 heavy (non-hydrogen) atoms. The first-order valence-corrected chi connectivity index (χ1v) is 6.24. The van der Waals surface area contributed by atoms with E-state index < -0.39 is 5.60 Å². The van der Waals surface area contributed by atoms with E-state index in [4.69, 9.17) is 4.74 Å². The van der Waals surface area contributed by atoms with Crippen molar-refractivity contribution < 1.29 is 9.84 Å². The summed E-state index contributed by atoms with van der Waals surface area (Å²) in [6, 6.07) is 2.20. The third kappa shape index (κ3) is 1.97. The number of aromatic nitrogens is 5. The molecule has 0 aliphatic carbocycles. The summed E-state index contributed by atoms with van der Waals surface area (Å²) in [6.07, 6.45) is 1.59. The first-order valence-electron chi connectivity index (χ1n) is 6.24. The Hall–Kier alpha value is -2.22. The molecule has 0 amide bonds. The van der Waals surface area contributed by atoms with Crippen molar-refractivity contribution in [3.8, 4) is 6.01 Å². The first-order chi connectivity index (χ1) is 9.51. The van der Waals surface area contributed by atoms with Crippen LogP contribution in [0.15, 0.2) is 12.3 Å². The zero-order valence-corrected chi connectivity index (χ0v) is 11.6. The van der Waals surface area contributed by atoms with E-state index in [0.717, 1.165) is 11.5 Å². The SMILES string of the molecule is COc1nc(C)cc(N2CC(O)(c3cnnn3C)C2)n1. The van der Waals surface area contributed by atoms with E-state index in [2.05, 4.69) is 20.3 Å². The lowest BCUT2D eigenvalue weighted by Crippen LogP contribution is -2.60. The summed E-state index contributed by atoms with van der Waals surface area (Å²) < 4.78 is 6.65. The topological polar surface area (TPSA) is 89.2 Å². The molecule has 2 aromatic heterocycles. The molecule has 1 aliphatic heterocycles. The van der Waals surface area contributed by atoms with Crippen LogP contribution in [0.2, 0.25) is 0 Å². The minimum atomic E-state index is -0.940. The van der Waals surface area contributed by atoms with Crippen molar-refractivity contribution in [1.82, 2.24) is 25.0 Å². The predicted octanol–water partition coefficient (Wildman–Crippen LogP) is -0.370. The third-order valence-corrected chi connectivity index (χ3v) is 3.42. The minimum Gasteiger partial charge on any atom is -0.467 e. The zero-order valence-electron chi connectivity index (χ0n) is 11.6. The number of aryl methyl sites for hydroxylation is 2. The fourth-order valence-corrected chi connectivity index (χ4v) is 2.40. The van der Waals surface area contributed by atoms with Crippen molar-refractivity contribution in [3.05, 3.63) is 23.7 Å². The fraction of sp³-hybridized carbons (Fsp3) is 0.500. The zero-order chi connectivity index (χ0) is 14.3. The maximum atomic E-state index is 10.6. The lowest BCUT2D eigenvalue weighted by molar-refractivity contribution is -0.000583. The van der Waals surface area contributed by atoms with Gasteiger partial charge in [0.15, 0.2) is 0 Å². The van der Waals surface area contributed by atoms with Crippen molar-refractivity contribution >= 4 is 5.82 Å². The van der Waals surface area contributed by atoms with Crippen LogP contribution in [-0.4, -0.2) is 50.3 Å². The van der Waals surface area contributed by atoms with Gasteiger partial charge in [-0.25, -0.2) is 9.67 Å². The van der Waals surface area contributed by atoms with Gasteiger partial charge in [0.1, 0.15) is 11.4 Å². The number of anilines is 1. The van der Waals surface area contributed by atoms with Gasteiger partial charge in [-0.3, -0.25) is 0 Å². The van der Waals surface area contributed by atoms with Crippen molar-refractivity contribution in [3.63, 3.8) is 0 Å². The maximum absolute atomic E-state index is 10.6. The van der Waals surface area contributed by atoms with Gasteiger partial charge in [-0.2, -0.15) is 4.98 Å². The number of methoxy groups -OCH3 is 1. The number of rotatable bonds is 3. The van der Waals surface area contributed by atoms with Crippen molar-refractivity contribution in [2.24, 2.45) is 7.05 Å². The lowest BCUT2D eigenvalue weighted by atomic mass is 9.90. The van der Waals surface area contributed by atoms with Crippen LogP contribution >= 0.6 is 0 Å². The second-order valence-corrected chi connectivity index (χ2v) is 4.98. The number of hydrogen-bond acceptors (Lipinski definition) is 7. The molecule has 2 aromatic rings. The van der Waals surface area contributed by atoms with Crippen LogP contribution in [0.1, 0.15) is 11.4 Å². The van der Waals surface area contributed by atoms with E-state index in [-0.39, 0.29) is 0 Å². The standard InChI is InChI=1S/C12H16N6O2/c1-8-4-10(15-11(14-8)20-3)18-6-12(19,7-18)9-5-13-16-17(9)2/h4-5,19H,6-7H2,1-3H3. The minimum absolute atomic E-state index is 0.331. The molecule has 1 saturated heterocycles. The van der Waals surface area contributed by atoms with Gasteiger partial charge >= 0.3 is 6.01 Å². The highest BCUT2D eigenvalue weighted by molar-refractivity contribution is 5.46. The van der Waals surface area contributed by atoms with E-state index in [1.165, 1.54) is 7.11 Å². The lowest BCUT2D eigenvalue weighted by Gasteiger charge is -2.46. The van der Waals surface area contributed by atoms with Gasteiger partial charge in [0.25, 0.3) is 0 Å². The van der Waals surface area contributed by atoms with Gasteiger partial charge in [-0.15, -0.1) is 5.10 Å². The summed E-state index contributed by atoms with van der Waals surface area (Å²) >= 11 is 0. The third-order valence-electron chi connectivity index (χ3n) is 3.42. The number of aliphatic hydroxyl groups is 1. The van der Waals surface area contributed by atoms with Crippen molar-refractivity contribution in [2.75, 3.05) is 25.1 Å². The first kappa shape index (κ1) is 12.8. The average Bonchev–Trinajstić information content (AvgIpc) is 2.81. The second kappa shape index (κ2) is 4.41. The highest BCUT2D eigenvalue weighted by atomic mass is 16.5. The van der Waals surface area contributed by atoms with Gasteiger partial charge in [0, 0.05) is 18.8 Å². The Labute approximate surface area is 116 Å². The Morgan fingerprint density at radius 3 is 2.70 bits per heavy atom. The summed E-state index contributed by atoms with van der Waals surface area (Å²) in [5.41, 5.74) is 0.584. The average molecular weight is 276 g/mol. The molecule has 8 heteroatoms. The molecule has 0 spiro atoms. The monoisotopic (exact) mass is 276 g/mol. The fourth-order valence-electron chi connectivity index (χ4n) is 2.40. The Balaban J connectivity index is 1.80. The highest BCUT2D eigenvalue weighted by Crippen LogP contribution is 2.34. The summed E-state index contributed by atoms with van der Waals surface area (Å²) in [7, 11) is 3.30. The van der Waals surface area contributed by atoms with Gasteiger partial charge in [0.2, 0.25) is 0 Å². The van der Waals surface area contributed by atoms with E-state index in [1.54, 1.807) is 17.9 Å². The van der Waals surface area contributed by atoms with Crippen LogP contribution in [-0.2, 0) is 12.6 Å². The molecule has 0 saturated carbocycles. The van der Waals surface area contributed by atoms with Crippen LogP contribution in [0.4, 0.5) is 5.82 Å². The summed E-state index contributed by atoms with van der Waals surface area (Å²) in [6.45, 7) is 2.76. The molecule has 1 fully saturated rings. The molecule has 1 aliphatic rings. The number of nitrogens with zero attached hydrogens (tertiary/aromatic N) is 6. The van der Waals surface area contributed by atoms with Gasteiger partial charge in [0.05, 0.1) is 32.1 Å². The van der Waals surface area contributed by atoms with Crippen LogP contribution in [0, 0.1) is 6.92 Å². The predicted molar refractivity (Wildman–Crippen MR) is 70.4 cm³/mol. The smallest absolute Gasteiger partial charge is 0.318 e. The summed E-state index contributed by atoms with van der Waals surface area (Å²) in [5.74, 6) is 0.745. The molecule has 0 unspecified atom stereocenters. The molecule has 0 bridgehead atoms. The molecule has 8 nitrogen and oxygen atoms in total. The van der Waals surface area contributed by atoms with Crippen LogP contribution in [0.3, 0.4) is 0 Å². The molecule has 0 radical (unpaired) electrons. The molecule has 0 atom stereocenters. The molecule has 3 heterocycles. The summed E-state index contributed by atoms with van der Waals surface area (Å²) in [5, 5.41) is 18.2. The van der Waals surface area contributed by atoms with E-state index in [1.807, 2.05) is 17.9 Å². The normalized spacial score (nSPS) is 16.9. The van der Waals surface area contributed by atoms with Crippen molar-refractivity contribution in [1.29, 1.82) is 0 Å². The number of ether oxygens (including phenoxy) is 1. The Bertz CT molecular complexity index is 635. The van der Waals surface area contributed by atoms with Gasteiger partial charge in [-0.05, 0) is 6.92 Å². The van der Waals surface area contributed by atoms with E-state index in [9.17, 15) is 5.11 Å². The Kier molecular flexibility index (Phi) is 2.82. The summed E-state index contributed by atoms with van der Waals surface area (Å²) in [4.78, 5) is 10.4. The van der Waals surface area contributed by atoms with Crippen LogP contribution in [0.25, 0.3) is 0 Å². The van der Waals surface area contributed by atoms with Crippen molar-refractivity contribution in [2.45, 2.75) is 12.5 Å². The molecule has 106 valence electrons. The largest absolute Gasteiger partial charge is 0.467 e. The molecular weight excluding hydrogens is 260 g/mol.